The second-order valence-electron chi connectivity index (χ2n) is 5.08. The Kier molecular flexibility index (Phi) is 6.10. The molecule has 0 radical (unpaired) electrons. The molecule has 0 heterocycles. The minimum atomic E-state index is -2.84. The number of hydrogen-bond donors (Lipinski definition) is 0. The fourth-order valence-electron chi connectivity index (χ4n) is 2.05. The summed E-state index contributed by atoms with van der Waals surface area (Å²) in [6, 6.07) is 13.8. The fourth-order valence-corrected chi connectivity index (χ4v) is 2.31. The van der Waals surface area contributed by atoms with Crippen LogP contribution in [0.15, 0.2) is 53.0 Å². The molecule has 0 saturated carbocycles. The molecule has 6 heteroatoms. The summed E-state index contributed by atoms with van der Waals surface area (Å²) in [5.41, 5.74) is 1.78. The van der Waals surface area contributed by atoms with Crippen molar-refractivity contribution in [3.63, 3.8) is 0 Å². The zero-order valence-electron chi connectivity index (χ0n) is 12.5. The van der Waals surface area contributed by atoms with E-state index in [0.717, 1.165) is 15.6 Å². The van der Waals surface area contributed by atoms with Gasteiger partial charge in [-0.2, -0.15) is 8.78 Å². The molecule has 2 aromatic rings. The fraction of sp³-hybridized carbons (Fsp3) is 0.235. The van der Waals surface area contributed by atoms with Crippen LogP contribution >= 0.6 is 15.9 Å². The van der Waals surface area contributed by atoms with E-state index in [1.807, 2.05) is 24.3 Å². The van der Waals surface area contributed by atoms with Crippen LogP contribution in [0.1, 0.15) is 11.1 Å². The highest BCUT2D eigenvalue weighted by molar-refractivity contribution is 9.10. The summed E-state index contributed by atoms with van der Waals surface area (Å²) in [5, 5.41) is 0. The molecule has 2 aromatic carbocycles. The number of hydrogen-bond acceptors (Lipinski definition) is 2. The summed E-state index contributed by atoms with van der Waals surface area (Å²) in [4.78, 5) is 13.8. The van der Waals surface area contributed by atoms with Crippen molar-refractivity contribution in [1.82, 2.24) is 4.90 Å². The zero-order valence-corrected chi connectivity index (χ0v) is 14.1. The molecule has 0 aliphatic carbocycles. The molecule has 1 amide bonds. The first-order valence-electron chi connectivity index (χ1n) is 6.96. The van der Waals surface area contributed by atoms with Crippen molar-refractivity contribution >= 4 is 21.8 Å². The quantitative estimate of drug-likeness (QED) is 0.745. The van der Waals surface area contributed by atoms with Gasteiger partial charge in [-0.05, 0) is 35.4 Å². The van der Waals surface area contributed by atoms with Gasteiger partial charge in [-0.3, -0.25) is 4.79 Å². The first kappa shape index (κ1) is 17.4. The SMILES string of the molecule is CN(Cc1ccc(OC(F)F)cc1)C(=O)Cc1ccc(Br)cc1. The van der Waals surface area contributed by atoms with Gasteiger partial charge in [-0.1, -0.05) is 40.2 Å². The number of amides is 1. The number of carbonyl (C=O) groups excluding carboxylic acids is 1. The Hall–Kier alpha value is -1.95. The van der Waals surface area contributed by atoms with Gasteiger partial charge in [-0.15, -0.1) is 0 Å². The minimum Gasteiger partial charge on any atom is -0.435 e. The number of alkyl halides is 2. The van der Waals surface area contributed by atoms with E-state index in [1.165, 1.54) is 12.1 Å². The van der Waals surface area contributed by atoms with Gasteiger partial charge in [-0.25, -0.2) is 0 Å². The van der Waals surface area contributed by atoms with Crippen molar-refractivity contribution in [1.29, 1.82) is 0 Å². The monoisotopic (exact) mass is 383 g/mol. The van der Waals surface area contributed by atoms with Crippen molar-refractivity contribution in [3.05, 3.63) is 64.1 Å². The van der Waals surface area contributed by atoms with E-state index in [0.29, 0.717) is 13.0 Å². The van der Waals surface area contributed by atoms with Crippen LogP contribution in [0, 0.1) is 0 Å². The molecule has 0 unspecified atom stereocenters. The Balaban J connectivity index is 1.91. The Morgan fingerprint density at radius 2 is 1.65 bits per heavy atom. The molecule has 0 spiro atoms. The van der Waals surface area contributed by atoms with E-state index in [4.69, 9.17) is 0 Å². The highest BCUT2D eigenvalue weighted by Gasteiger charge is 2.11. The summed E-state index contributed by atoms with van der Waals surface area (Å²) >= 11 is 3.35. The number of carbonyl (C=O) groups is 1. The van der Waals surface area contributed by atoms with E-state index in [2.05, 4.69) is 20.7 Å². The summed E-state index contributed by atoms with van der Waals surface area (Å²) in [6.07, 6.45) is 0.316. The third-order valence-corrected chi connectivity index (χ3v) is 3.79. The Morgan fingerprint density at radius 3 is 2.22 bits per heavy atom. The lowest BCUT2D eigenvalue weighted by molar-refractivity contribution is -0.129. The van der Waals surface area contributed by atoms with Crippen molar-refractivity contribution in [2.75, 3.05) is 7.05 Å². The molecule has 23 heavy (non-hydrogen) atoms. The lowest BCUT2D eigenvalue weighted by atomic mass is 10.1. The first-order chi connectivity index (χ1) is 10.9. The van der Waals surface area contributed by atoms with Crippen molar-refractivity contribution in [2.45, 2.75) is 19.6 Å². The maximum Gasteiger partial charge on any atom is 0.387 e. The van der Waals surface area contributed by atoms with Crippen LogP contribution in [0.3, 0.4) is 0 Å². The number of rotatable bonds is 6. The van der Waals surface area contributed by atoms with Gasteiger partial charge in [0.2, 0.25) is 5.91 Å². The average molecular weight is 384 g/mol. The molecule has 0 aromatic heterocycles. The maximum atomic E-state index is 12.2. The summed E-state index contributed by atoms with van der Waals surface area (Å²) in [7, 11) is 1.71. The smallest absolute Gasteiger partial charge is 0.387 e. The number of benzene rings is 2. The summed E-state index contributed by atoms with van der Waals surface area (Å²) in [6.45, 7) is -2.43. The molecular formula is C17H16BrF2NO2. The van der Waals surface area contributed by atoms with Crippen LogP contribution in [0.25, 0.3) is 0 Å². The molecular weight excluding hydrogens is 368 g/mol. The Bertz CT molecular complexity index is 645. The number of halogens is 3. The molecule has 3 nitrogen and oxygen atoms in total. The Labute approximate surface area is 142 Å². The highest BCUT2D eigenvalue weighted by Crippen LogP contribution is 2.16. The summed E-state index contributed by atoms with van der Waals surface area (Å²) < 4.78 is 29.4. The lowest BCUT2D eigenvalue weighted by Crippen LogP contribution is -2.27. The average Bonchev–Trinajstić information content (AvgIpc) is 2.51. The second-order valence-corrected chi connectivity index (χ2v) is 5.99. The normalized spacial score (nSPS) is 10.7. The van der Waals surface area contributed by atoms with Crippen LogP contribution in [-0.4, -0.2) is 24.5 Å². The molecule has 0 bridgehead atoms. The topological polar surface area (TPSA) is 29.5 Å². The van der Waals surface area contributed by atoms with Gasteiger partial charge in [0.15, 0.2) is 0 Å². The van der Waals surface area contributed by atoms with Crippen molar-refractivity contribution in [2.24, 2.45) is 0 Å². The van der Waals surface area contributed by atoms with E-state index < -0.39 is 6.61 Å². The molecule has 0 aliphatic rings. The second kappa shape index (κ2) is 8.06. The van der Waals surface area contributed by atoms with Crippen LogP contribution in [-0.2, 0) is 17.8 Å². The van der Waals surface area contributed by atoms with E-state index >= 15 is 0 Å². The molecule has 0 saturated heterocycles. The van der Waals surface area contributed by atoms with Crippen molar-refractivity contribution < 1.29 is 18.3 Å². The van der Waals surface area contributed by atoms with Crippen LogP contribution in [0.5, 0.6) is 5.75 Å². The van der Waals surface area contributed by atoms with Gasteiger partial charge in [0, 0.05) is 18.1 Å². The highest BCUT2D eigenvalue weighted by atomic mass is 79.9. The molecule has 2 rings (SSSR count). The zero-order chi connectivity index (χ0) is 16.8. The standard InChI is InChI=1S/C17H16BrF2NO2/c1-21(16(22)10-12-2-6-14(18)7-3-12)11-13-4-8-15(9-5-13)23-17(19)20/h2-9,17H,10-11H2,1H3. The van der Waals surface area contributed by atoms with E-state index in [1.54, 1.807) is 24.1 Å². The van der Waals surface area contributed by atoms with Gasteiger partial charge in [0.05, 0.1) is 6.42 Å². The van der Waals surface area contributed by atoms with Gasteiger partial charge < -0.3 is 9.64 Å². The third-order valence-electron chi connectivity index (χ3n) is 3.26. The van der Waals surface area contributed by atoms with Crippen LogP contribution in [0.4, 0.5) is 8.78 Å². The minimum absolute atomic E-state index is 0.0137. The van der Waals surface area contributed by atoms with Gasteiger partial charge in [0.25, 0.3) is 0 Å². The predicted octanol–water partition coefficient (Wildman–Crippen LogP) is 4.25. The summed E-state index contributed by atoms with van der Waals surface area (Å²) in [5.74, 6) is 0.0906. The lowest BCUT2D eigenvalue weighted by Gasteiger charge is -2.17. The number of nitrogens with zero attached hydrogens (tertiary/aromatic N) is 1. The van der Waals surface area contributed by atoms with E-state index in [-0.39, 0.29) is 11.7 Å². The largest absolute Gasteiger partial charge is 0.435 e. The van der Waals surface area contributed by atoms with Gasteiger partial charge >= 0.3 is 6.61 Å². The maximum absolute atomic E-state index is 12.2. The van der Waals surface area contributed by atoms with Crippen LogP contribution in [0.2, 0.25) is 0 Å². The van der Waals surface area contributed by atoms with E-state index in [9.17, 15) is 13.6 Å². The molecule has 0 atom stereocenters. The molecule has 0 fully saturated rings. The van der Waals surface area contributed by atoms with Crippen molar-refractivity contribution in [3.8, 4) is 5.75 Å². The number of ether oxygens (including phenoxy) is 1. The molecule has 0 aliphatic heterocycles. The first-order valence-corrected chi connectivity index (χ1v) is 7.75. The van der Waals surface area contributed by atoms with Gasteiger partial charge in [0.1, 0.15) is 5.75 Å². The van der Waals surface area contributed by atoms with Crippen LogP contribution < -0.4 is 4.74 Å². The predicted molar refractivity (Wildman–Crippen MR) is 87.4 cm³/mol. The molecule has 122 valence electrons. The molecule has 0 N–H and O–H groups in total. The number of likely N-dealkylation sites (N-methyl/N-ethyl adjacent to an activating group) is 1. The third kappa shape index (κ3) is 5.63. The Morgan fingerprint density at radius 1 is 1.09 bits per heavy atom.